The lowest BCUT2D eigenvalue weighted by Gasteiger charge is -2.36. The van der Waals surface area contributed by atoms with Crippen molar-refractivity contribution in [3.05, 3.63) is 56.5 Å². The zero-order valence-electron chi connectivity index (χ0n) is 11.3. The maximum atomic E-state index is 3.66. The van der Waals surface area contributed by atoms with Gasteiger partial charge in [0, 0.05) is 14.4 Å². The minimum absolute atomic E-state index is 0.271. The fourth-order valence-corrected chi connectivity index (χ4v) is 4.87. The summed E-state index contributed by atoms with van der Waals surface area (Å²) in [5, 5.41) is 0. The SMILES string of the molecule is Brc1ccc2c(c1)-c1ccc(Br)cc1C21CCCCC1. The molecule has 0 saturated heterocycles. The van der Waals surface area contributed by atoms with Crippen LogP contribution in [0.4, 0.5) is 0 Å². The number of rotatable bonds is 0. The molecule has 2 aliphatic carbocycles. The van der Waals surface area contributed by atoms with E-state index in [4.69, 9.17) is 0 Å². The van der Waals surface area contributed by atoms with Crippen LogP contribution < -0.4 is 0 Å². The molecule has 0 aromatic heterocycles. The van der Waals surface area contributed by atoms with E-state index in [1.54, 1.807) is 11.1 Å². The van der Waals surface area contributed by atoms with E-state index >= 15 is 0 Å². The third-order valence-electron chi connectivity index (χ3n) is 4.99. The van der Waals surface area contributed by atoms with Gasteiger partial charge in [0.05, 0.1) is 0 Å². The van der Waals surface area contributed by atoms with Gasteiger partial charge in [-0.15, -0.1) is 0 Å². The minimum Gasteiger partial charge on any atom is -0.0564 e. The first-order valence-corrected chi connectivity index (χ1v) is 8.90. The first-order valence-electron chi connectivity index (χ1n) is 7.31. The Morgan fingerprint density at radius 1 is 0.700 bits per heavy atom. The Balaban J connectivity index is 2.03. The monoisotopic (exact) mass is 390 g/mol. The quantitative estimate of drug-likeness (QED) is 0.484. The molecule has 2 aromatic rings. The number of hydrogen-bond acceptors (Lipinski definition) is 0. The standard InChI is InChI=1S/C18H16Br2/c19-12-5-7-16-15(10-12)14-6-4-13(20)11-17(14)18(16)8-2-1-3-9-18/h4-7,10-11H,1-3,8-9H2. The second kappa shape index (κ2) is 4.71. The molecule has 4 rings (SSSR count). The summed E-state index contributed by atoms with van der Waals surface area (Å²) in [6, 6.07) is 13.7. The second-order valence-corrected chi connectivity index (χ2v) is 7.85. The van der Waals surface area contributed by atoms with Crippen molar-refractivity contribution in [3.8, 4) is 11.1 Å². The Bertz CT molecular complexity index is 682. The Labute approximate surface area is 136 Å². The van der Waals surface area contributed by atoms with Gasteiger partial charge < -0.3 is 0 Å². The van der Waals surface area contributed by atoms with Crippen LogP contribution >= 0.6 is 31.9 Å². The van der Waals surface area contributed by atoms with Crippen LogP contribution in [-0.4, -0.2) is 0 Å². The fraction of sp³-hybridized carbons (Fsp3) is 0.333. The van der Waals surface area contributed by atoms with Crippen molar-refractivity contribution < 1.29 is 0 Å². The average molecular weight is 392 g/mol. The van der Waals surface area contributed by atoms with Crippen molar-refractivity contribution in [1.29, 1.82) is 0 Å². The predicted molar refractivity (Wildman–Crippen MR) is 91.1 cm³/mol. The Morgan fingerprint density at radius 2 is 1.40 bits per heavy atom. The molecule has 2 aliphatic rings. The van der Waals surface area contributed by atoms with Gasteiger partial charge in [0.25, 0.3) is 0 Å². The molecule has 0 atom stereocenters. The Hall–Kier alpha value is -0.600. The molecule has 2 aromatic carbocycles. The normalized spacial score (nSPS) is 18.9. The van der Waals surface area contributed by atoms with Gasteiger partial charge >= 0.3 is 0 Å². The molecule has 1 fully saturated rings. The van der Waals surface area contributed by atoms with Crippen LogP contribution in [0.2, 0.25) is 0 Å². The average Bonchev–Trinajstić information content (AvgIpc) is 2.70. The third-order valence-corrected chi connectivity index (χ3v) is 5.98. The first kappa shape index (κ1) is 13.1. The summed E-state index contributed by atoms with van der Waals surface area (Å²) in [7, 11) is 0. The van der Waals surface area contributed by atoms with Gasteiger partial charge in [-0.05, 0) is 59.4 Å². The summed E-state index contributed by atoms with van der Waals surface area (Å²) in [5.74, 6) is 0. The van der Waals surface area contributed by atoms with Crippen LogP contribution in [0, 0.1) is 0 Å². The van der Waals surface area contributed by atoms with Gasteiger partial charge in [-0.25, -0.2) is 0 Å². The molecule has 0 aliphatic heterocycles. The minimum atomic E-state index is 0.271. The Kier molecular flexibility index (Phi) is 3.08. The van der Waals surface area contributed by atoms with E-state index < -0.39 is 0 Å². The van der Waals surface area contributed by atoms with Crippen LogP contribution in [0.25, 0.3) is 11.1 Å². The van der Waals surface area contributed by atoms with Gasteiger partial charge in [-0.3, -0.25) is 0 Å². The smallest absolute Gasteiger partial charge is 0.0215 e. The predicted octanol–water partition coefficient (Wildman–Crippen LogP) is 6.44. The van der Waals surface area contributed by atoms with Crippen LogP contribution in [0.5, 0.6) is 0 Å². The molecule has 2 heteroatoms. The molecule has 1 saturated carbocycles. The number of hydrogen-bond donors (Lipinski definition) is 0. The van der Waals surface area contributed by atoms with E-state index in [0.717, 1.165) is 0 Å². The summed E-state index contributed by atoms with van der Waals surface area (Å²) >= 11 is 7.30. The fourth-order valence-electron chi connectivity index (χ4n) is 4.14. The molecule has 1 spiro atoms. The lowest BCUT2D eigenvalue weighted by molar-refractivity contribution is 0.352. The van der Waals surface area contributed by atoms with Crippen LogP contribution in [0.15, 0.2) is 45.3 Å². The van der Waals surface area contributed by atoms with Gasteiger partial charge in [0.2, 0.25) is 0 Å². The van der Waals surface area contributed by atoms with Crippen molar-refractivity contribution in [3.63, 3.8) is 0 Å². The highest BCUT2D eigenvalue weighted by Crippen LogP contribution is 2.56. The number of halogens is 2. The van der Waals surface area contributed by atoms with Crippen molar-refractivity contribution in [2.24, 2.45) is 0 Å². The highest BCUT2D eigenvalue weighted by Gasteiger charge is 2.43. The van der Waals surface area contributed by atoms with E-state index in [1.165, 1.54) is 52.2 Å². The molecule has 0 amide bonds. The molecule has 0 bridgehead atoms. The third kappa shape index (κ3) is 1.77. The molecule has 0 N–H and O–H groups in total. The van der Waals surface area contributed by atoms with E-state index in [-0.39, 0.29) is 5.41 Å². The van der Waals surface area contributed by atoms with Gasteiger partial charge in [-0.1, -0.05) is 63.3 Å². The van der Waals surface area contributed by atoms with Gasteiger partial charge in [0.1, 0.15) is 0 Å². The molecule has 0 unspecified atom stereocenters. The summed E-state index contributed by atoms with van der Waals surface area (Å²) in [6.45, 7) is 0. The maximum Gasteiger partial charge on any atom is 0.0215 e. The molecular formula is C18H16Br2. The number of fused-ring (bicyclic) bond motifs is 5. The van der Waals surface area contributed by atoms with Crippen molar-refractivity contribution in [2.45, 2.75) is 37.5 Å². The Morgan fingerprint density at radius 3 is 2.20 bits per heavy atom. The van der Waals surface area contributed by atoms with E-state index in [9.17, 15) is 0 Å². The van der Waals surface area contributed by atoms with Crippen LogP contribution in [0.3, 0.4) is 0 Å². The van der Waals surface area contributed by atoms with E-state index in [0.29, 0.717) is 0 Å². The molecule has 0 radical (unpaired) electrons. The molecule has 20 heavy (non-hydrogen) atoms. The van der Waals surface area contributed by atoms with Crippen molar-refractivity contribution >= 4 is 31.9 Å². The van der Waals surface area contributed by atoms with Gasteiger partial charge in [0.15, 0.2) is 0 Å². The summed E-state index contributed by atoms with van der Waals surface area (Å²) in [5.41, 5.74) is 6.23. The second-order valence-electron chi connectivity index (χ2n) is 6.02. The zero-order valence-corrected chi connectivity index (χ0v) is 14.4. The highest BCUT2D eigenvalue weighted by atomic mass is 79.9. The van der Waals surface area contributed by atoms with Gasteiger partial charge in [-0.2, -0.15) is 0 Å². The van der Waals surface area contributed by atoms with E-state index in [1.807, 2.05) is 0 Å². The van der Waals surface area contributed by atoms with Crippen LogP contribution in [-0.2, 0) is 5.41 Å². The summed E-state index contributed by atoms with van der Waals surface area (Å²) < 4.78 is 2.38. The molecule has 0 heterocycles. The number of benzene rings is 2. The van der Waals surface area contributed by atoms with Crippen LogP contribution in [0.1, 0.15) is 43.2 Å². The molecular weight excluding hydrogens is 376 g/mol. The lowest BCUT2D eigenvalue weighted by atomic mass is 9.68. The molecule has 102 valence electrons. The lowest BCUT2D eigenvalue weighted by Crippen LogP contribution is -2.28. The van der Waals surface area contributed by atoms with E-state index in [2.05, 4.69) is 68.3 Å². The maximum absolute atomic E-state index is 3.66. The highest BCUT2D eigenvalue weighted by molar-refractivity contribution is 9.10. The molecule has 0 nitrogen and oxygen atoms in total. The topological polar surface area (TPSA) is 0 Å². The summed E-state index contributed by atoms with van der Waals surface area (Å²) in [4.78, 5) is 0. The largest absolute Gasteiger partial charge is 0.0564 e. The first-order chi connectivity index (χ1) is 9.71. The summed E-state index contributed by atoms with van der Waals surface area (Å²) in [6.07, 6.45) is 6.68. The zero-order chi connectivity index (χ0) is 13.7. The van der Waals surface area contributed by atoms with Crippen molar-refractivity contribution in [1.82, 2.24) is 0 Å². The van der Waals surface area contributed by atoms with Crippen molar-refractivity contribution in [2.75, 3.05) is 0 Å².